The minimum Gasteiger partial charge on any atom is -0.494 e. The highest BCUT2D eigenvalue weighted by molar-refractivity contribution is 5.99. The number of ether oxygens (including phenoxy) is 2. The van der Waals surface area contributed by atoms with E-state index in [-0.39, 0.29) is 5.76 Å². The summed E-state index contributed by atoms with van der Waals surface area (Å²) in [5, 5.41) is 0.854. The lowest BCUT2D eigenvalue weighted by atomic mass is 10.0. The quantitative estimate of drug-likeness (QED) is 0.422. The van der Waals surface area contributed by atoms with Crippen LogP contribution in [0.15, 0.2) is 29.2 Å². The minimum atomic E-state index is -0.445. The van der Waals surface area contributed by atoms with E-state index in [1.54, 1.807) is 6.92 Å². The number of hydrogen-bond donors (Lipinski definition) is 0. The Labute approximate surface area is 130 Å². The van der Waals surface area contributed by atoms with Gasteiger partial charge in [0.15, 0.2) is 0 Å². The zero-order chi connectivity index (χ0) is 16.1. The Morgan fingerprint density at radius 3 is 2.73 bits per heavy atom. The first-order chi connectivity index (χ1) is 10.6. The molecule has 4 heteroatoms. The molecule has 0 aliphatic heterocycles. The molecule has 2 aromatic rings. The second-order valence-electron chi connectivity index (χ2n) is 5.08. The van der Waals surface area contributed by atoms with Crippen molar-refractivity contribution in [1.82, 2.24) is 0 Å². The first kappa shape index (κ1) is 16.1. The maximum absolute atomic E-state index is 12.0. The van der Waals surface area contributed by atoms with Gasteiger partial charge in [-0.2, -0.15) is 0 Å². The summed E-state index contributed by atoms with van der Waals surface area (Å²) in [4.78, 5) is 12.0. The summed E-state index contributed by atoms with van der Waals surface area (Å²) >= 11 is 0. The number of carbonyl (C=O) groups excluding carboxylic acids is 1. The van der Waals surface area contributed by atoms with Crippen LogP contribution in [0.2, 0.25) is 0 Å². The molecular weight excluding hydrogens is 280 g/mol. The highest BCUT2D eigenvalue weighted by Gasteiger charge is 2.21. The van der Waals surface area contributed by atoms with Crippen molar-refractivity contribution >= 4 is 22.7 Å². The van der Waals surface area contributed by atoms with Crippen molar-refractivity contribution in [1.29, 1.82) is 0 Å². The third-order valence-corrected chi connectivity index (χ3v) is 3.49. The van der Waals surface area contributed by atoms with Crippen LogP contribution in [-0.4, -0.2) is 19.2 Å². The van der Waals surface area contributed by atoms with E-state index in [9.17, 15) is 4.79 Å². The molecule has 0 aliphatic carbocycles. The summed E-state index contributed by atoms with van der Waals surface area (Å²) < 4.78 is 16.4. The normalized spacial score (nSPS) is 10.7. The monoisotopic (exact) mass is 302 g/mol. The molecule has 2 rings (SSSR count). The Kier molecular flexibility index (Phi) is 5.26. The van der Waals surface area contributed by atoms with Crippen LogP contribution < -0.4 is 0 Å². The molecule has 0 saturated heterocycles. The van der Waals surface area contributed by atoms with Crippen LogP contribution in [0, 0.1) is 6.92 Å². The van der Waals surface area contributed by atoms with Gasteiger partial charge in [0, 0.05) is 16.5 Å². The van der Waals surface area contributed by atoms with Gasteiger partial charge in [0.25, 0.3) is 0 Å². The average Bonchev–Trinajstić information content (AvgIpc) is 2.85. The van der Waals surface area contributed by atoms with Crippen LogP contribution in [0.3, 0.4) is 0 Å². The fraction of sp³-hybridized carbons (Fsp3) is 0.389. The van der Waals surface area contributed by atoms with Crippen molar-refractivity contribution in [3.8, 4) is 0 Å². The first-order valence-corrected chi connectivity index (χ1v) is 7.61. The maximum Gasteiger partial charge on any atom is 0.374 e. The molecule has 1 aromatic heterocycles. The molecular formula is C18H22O4. The van der Waals surface area contributed by atoms with E-state index in [0.29, 0.717) is 24.6 Å². The predicted octanol–water partition coefficient (Wildman–Crippen LogP) is 4.71. The molecule has 4 nitrogen and oxygen atoms in total. The number of aryl methyl sites for hydroxylation is 1. The molecule has 118 valence electrons. The van der Waals surface area contributed by atoms with E-state index >= 15 is 0 Å². The Morgan fingerprint density at radius 2 is 2.05 bits per heavy atom. The summed E-state index contributed by atoms with van der Waals surface area (Å²) in [5.41, 5.74) is 2.24. The average molecular weight is 302 g/mol. The molecule has 0 bridgehead atoms. The second-order valence-corrected chi connectivity index (χ2v) is 5.08. The lowest BCUT2D eigenvalue weighted by Gasteiger charge is -2.10. The highest BCUT2D eigenvalue weighted by Crippen LogP contribution is 2.32. The largest absolute Gasteiger partial charge is 0.494 e. The topological polar surface area (TPSA) is 48.7 Å². The smallest absolute Gasteiger partial charge is 0.374 e. The van der Waals surface area contributed by atoms with E-state index in [1.165, 1.54) is 0 Å². The van der Waals surface area contributed by atoms with Gasteiger partial charge >= 0.3 is 5.97 Å². The molecule has 0 fully saturated rings. The molecule has 0 unspecified atom stereocenters. The zero-order valence-electron chi connectivity index (χ0n) is 13.4. The van der Waals surface area contributed by atoms with Crippen molar-refractivity contribution in [3.05, 3.63) is 41.7 Å². The number of rotatable bonds is 7. The molecule has 22 heavy (non-hydrogen) atoms. The third-order valence-electron chi connectivity index (χ3n) is 3.49. The molecule has 0 N–H and O–H groups in total. The van der Waals surface area contributed by atoms with E-state index < -0.39 is 5.97 Å². The fourth-order valence-corrected chi connectivity index (χ4v) is 2.34. The number of furan rings is 1. The Hall–Kier alpha value is -2.23. The van der Waals surface area contributed by atoms with Crippen molar-refractivity contribution in [3.63, 3.8) is 0 Å². The molecule has 0 atom stereocenters. The third kappa shape index (κ3) is 3.16. The van der Waals surface area contributed by atoms with Crippen molar-refractivity contribution in [2.24, 2.45) is 0 Å². The van der Waals surface area contributed by atoms with Crippen molar-refractivity contribution in [2.45, 2.75) is 33.6 Å². The number of carbonyl (C=O) groups is 1. The van der Waals surface area contributed by atoms with Gasteiger partial charge < -0.3 is 13.9 Å². The number of esters is 1. The van der Waals surface area contributed by atoms with E-state index in [4.69, 9.17) is 13.9 Å². The Balaban J connectivity index is 2.40. The van der Waals surface area contributed by atoms with Crippen LogP contribution in [-0.2, 0) is 9.47 Å². The van der Waals surface area contributed by atoms with Crippen LogP contribution in [0.1, 0.15) is 48.4 Å². The first-order valence-electron chi connectivity index (χ1n) is 7.61. The second kappa shape index (κ2) is 7.16. The van der Waals surface area contributed by atoms with E-state index in [0.717, 1.165) is 29.4 Å². The molecule has 1 aromatic carbocycles. The summed E-state index contributed by atoms with van der Waals surface area (Å²) in [6, 6.07) is 5.62. The van der Waals surface area contributed by atoms with Gasteiger partial charge in [0.05, 0.1) is 13.2 Å². The highest BCUT2D eigenvalue weighted by atomic mass is 16.5. The lowest BCUT2D eigenvalue weighted by Crippen LogP contribution is -2.04. The van der Waals surface area contributed by atoms with Crippen LogP contribution in [0.5, 0.6) is 0 Å². The Morgan fingerprint density at radius 1 is 1.27 bits per heavy atom. The fourth-order valence-electron chi connectivity index (χ4n) is 2.34. The van der Waals surface area contributed by atoms with Crippen LogP contribution >= 0.6 is 0 Å². The molecule has 0 aliphatic rings. The van der Waals surface area contributed by atoms with Crippen molar-refractivity contribution < 1.29 is 18.7 Å². The number of fused-ring (bicyclic) bond motifs is 1. The van der Waals surface area contributed by atoms with Gasteiger partial charge in [-0.1, -0.05) is 32.1 Å². The number of hydrogen-bond acceptors (Lipinski definition) is 4. The van der Waals surface area contributed by atoms with E-state index in [2.05, 4.69) is 13.5 Å². The standard InChI is InChI=1S/C18H22O4/c1-5-7-11-21-13(4)14-9-8-10-15-16(14)12(3)17(22-15)18(19)20-6-2/h8-10H,4-7,11H2,1-3H3. The van der Waals surface area contributed by atoms with Gasteiger partial charge in [-0.05, 0) is 26.3 Å². The minimum absolute atomic E-state index is 0.241. The maximum atomic E-state index is 12.0. The van der Waals surface area contributed by atoms with Crippen LogP contribution in [0.25, 0.3) is 16.7 Å². The van der Waals surface area contributed by atoms with Crippen LogP contribution in [0.4, 0.5) is 0 Å². The summed E-state index contributed by atoms with van der Waals surface area (Å²) in [7, 11) is 0. The zero-order valence-corrected chi connectivity index (χ0v) is 13.4. The Bertz CT molecular complexity index is 682. The SMILES string of the molecule is C=C(OCCCC)c1cccc2oc(C(=O)OCC)c(C)c12. The molecule has 0 radical (unpaired) electrons. The summed E-state index contributed by atoms with van der Waals surface area (Å²) in [5.74, 6) is 0.392. The van der Waals surface area contributed by atoms with E-state index in [1.807, 2.05) is 25.1 Å². The molecule has 0 saturated carbocycles. The number of benzene rings is 1. The van der Waals surface area contributed by atoms with Gasteiger partial charge in [0.1, 0.15) is 11.3 Å². The molecule has 0 amide bonds. The number of unbranched alkanes of at least 4 members (excludes halogenated alkanes) is 1. The molecule has 0 spiro atoms. The predicted molar refractivity (Wildman–Crippen MR) is 86.8 cm³/mol. The van der Waals surface area contributed by atoms with Crippen molar-refractivity contribution in [2.75, 3.05) is 13.2 Å². The molecule has 1 heterocycles. The van der Waals surface area contributed by atoms with Gasteiger partial charge in [-0.3, -0.25) is 0 Å². The van der Waals surface area contributed by atoms with Gasteiger partial charge in [0.2, 0.25) is 5.76 Å². The van der Waals surface area contributed by atoms with Gasteiger partial charge in [-0.15, -0.1) is 0 Å². The summed E-state index contributed by atoms with van der Waals surface area (Å²) in [6.45, 7) is 10.7. The summed E-state index contributed by atoms with van der Waals surface area (Å²) in [6.07, 6.45) is 2.04. The van der Waals surface area contributed by atoms with Gasteiger partial charge in [-0.25, -0.2) is 4.79 Å². The lowest BCUT2D eigenvalue weighted by molar-refractivity contribution is 0.0491.